The molecule has 1 saturated heterocycles. The Bertz CT molecular complexity index is 974. The molecule has 3 rings (SSSR count). The molecule has 4 amide bonds. The summed E-state index contributed by atoms with van der Waals surface area (Å²) in [5, 5.41) is 2.63. The van der Waals surface area contributed by atoms with Crippen LogP contribution >= 0.6 is 0 Å². The van der Waals surface area contributed by atoms with Crippen molar-refractivity contribution >= 4 is 29.5 Å². The van der Waals surface area contributed by atoms with Crippen molar-refractivity contribution in [1.29, 1.82) is 0 Å². The topological polar surface area (TPSA) is 96.0 Å². The van der Waals surface area contributed by atoms with Crippen LogP contribution in [0.5, 0.6) is 0 Å². The van der Waals surface area contributed by atoms with Crippen molar-refractivity contribution < 1.29 is 23.9 Å². The Morgan fingerprint density at radius 1 is 1.07 bits per heavy atom. The normalized spacial score (nSPS) is 18.2. The number of imide groups is 1. The highest BCUT2D eigenvalue weighted by Crippen LogP contribution is 2.28. The summed E-state index contributed by atoms with van der Waals surface area (Å²) in [6, 6.07) is 15.4. The molecule has 156 valence electrons. The number of para-hydroxylation sites is 1. The first-order valence-electron chi connectivity index (χ1n) is 9.41. The molecule has 0 unspecified atom stereocenters. The molecule has 1 aliphatic rings. The van der Waals surface area contributed by atoms with E-state index < -0.39 is 42.5 Å². The van der Waals surface area contributed by atoms with Crippen molar-refractivity contribution in [3.05, 3.63) is 65.7 Å². The van der Waals surface area contributed by atoms with Gasteiger partial charge in [0, 0.05) is 12.7 Å². The number of nitrogens with one attached hydrogen (secondary N) is 1. The van der Waals surface area contributed by atoms with E-state index in [0.717, 1.165) is 10.5 Å². The standard InChI is InChI=1S/C22H23N3O5/c1-15-9-11-16(12-10-15)22(2)20(28)25(21(29)23-22)13-19(27)30-14-18(26)24(3)17-7-5-4-6-8-17/h4-12H,13-14H2,1-3H3,(H,23,29)/t22-/m0/s1. The summed E-state index contributed by atoms with van der Waals surface area (Å²) < 4.78 is 4.99. The maximum atomic E-state index is 12.8. The highest BCUT2D eigenvalue weighted by molar-refractivity contribution is 6.09. The quantitative estimate of drug-likeness (QED) is 0.581. The molecular formula is C22H23N3O5. The molecule has 30 heavy (non-hydrogen) atoms. The van der Waals surface area contributed by atoms with Gasteiger partial charge in [-0.1, -0.05) is 48.0 Å². The van der Waals surface area contributed by atoms with E-state index in [4.69, 9.17) is 4.74 Å². The lowest BCUT2D eigenvalue weighted by atomic mass is 9.91. The fourth-order valence-corrected chi connectivity index (χ4v) is 3.13. The Balaban J connectivity index is 1.60. The molecule has 2 aromatic carbocycles. The van der Waals surface area contributed by atoms with Crippen molar-refractivity contribution in [2.24, 2.45) is 0 Å². The number of hydrogen-bond donors (Lipinski definition) is 1. The number of carbonyl (C=O) groups is 4. The van der Waals surface area contributed by atoms with Crippen LogP contribution in [0.25, 0.3) is 0 Å². The number of rotatable bonds is 6. The molecule has 8 nitrogen and oxygen atoms in total. The molecule has 0 aliphatic carbocycles. The van der Waals surface area contributed by atoms with Gasteiger partial charge >= 0.3 is 12.0 Å². The monoisotopic (exact) mass is 409 g/mol. The third-order valence-electron chi connectivity index (χ3n) is 5.07. The van der Waals surface area contributed by atoms with E-state index in [2.05, 4.69) is 5.32 Å². The second-order valence-corrected chi connectivity index (χ2v) is 7.26. The van der Waals surface area contributed by atoms with Gasteiger partial charge in [-0.2, -0.15) is 0 Å². The number of carbonyl (C=O) groups excluding carboxylic acids is 4. The van der Waals surface area contributed by atoms with Crippen LogP contribution in [0, 0.1) is 6.92 Å². The van der Waals surface area contributed by atoms with Crippen LogP contribution in [0.15, 0.2) is 54.6 Å². The Kier molecular flexibility index (Phi) is 5.86. The predicted molar refractivity (Wildman–Crippen MR) is 110 cm³/mol. The second kappa shape index (κ2) is 8.36. The molecular weight excluding hydrogens is 386 g/mol. The molecule has 1 heterocycles. The van der Waals surface area contributed by atoms with Crippen molar-refractivity contribution in [2.75, 3.05) is 25.1 Å². The Hall–Kier alpha value is -3.68. The minimum absolute atomic E-state index is 0.434. The van der Waals surface area contributed by atoms with Crippen LogP contribution in [-0.2, 0) is 24.7 Å². The summed E-state index contributed by atoms with van der Waals surface area (Å²) in [5.41, 5.74) is 1.02. The lowest BCUT2D eigenvalue weighted by molar-refractivity contribution is -0.150. The number of anilines is 1. The average Bonchev–Trinajstić information content (AvgIpc) is 2.96. The summed E-state index contributed by atoms with van der Waals surface area (Å²) in [7, 11) is 1.57. The van der Waals surface area contributed by atoms with E-state index >= 15 is 0 Å². The molecule has 0 spiro atoms. The highest BCUT2D eigenvalue weighted by Gasteiger charge is 2.49. The molecule has 0 radical (unpaired) electrons. The van der Waals surface area contributed by atoms with Gasteiger partial charge in [-0.25, -0.2) is 4.79 Å². The number of aryl methyl sites for hydroxylation is 1. The second-order valence-electron chi connectivity index (χ2n) is 7.26. The van der Waals surface area contributed by atoms with Crippen LogP contribution in [0.1, 0.15) is 18.1 Å². The summed E-state index contributed by atoms with van der Waals surface area (Å²) in [6.07, 6.45) is 0. The molecule has 0 aromatic heterocycles. The van der Waals surface area contributed by atoms with E-state index in [1.807, 2.05) is 25.1 Å². The van der Waals surface area contributed by atoms with Gasteiger partial charge in [0.1, 0.15) is 12.1 Å². The molecule has 1 fully saturated rings. The molecule has 1 N–H and O–H groups in total. The number of esters is 1. The van der Waals surface area contributed by atoms with Crippen molar-refractivity contribution in [3.63, 3.8) is 0 Å². The van der Waals surface area contributed by atoms with Gasteiger partial charge in [-0.05, 0) is 31.5 Å². The molecule has 1 aliphatic heterocycles. The maximum Gasteiger partial charge on any atom is 0.326 e. The lowest BCUT2D eigenvalue weighted by Gasteiger charge is -2.22. The average molecular weight is 409 g/mol. The third kappa shape index (κ3) is 4.17. The van der Waals surface area contributed by atoms with Crippen molar-refractivity contribution in [3.8, 4) is 0 Å². The Morgan fingerprint density at radius 3 is 2.33 bits per heavy atom. The van der Waals surface area contributed by atoms with Crippen LogP contribution in [0.3, 0.4) is 0 Å². The zero-order chi connectivity index (χ0) is 21.9. The van der Waals surface area contributed by atoms with Gasteiger partial charge in [-0.15, -0.1) is 0 Å². The van der Waals surface area contributed by atoms with Gasteiger partial charge in [-0.3, -0.25) is 19.3 Å². The number of urea groups is 1. The first kappa shape index (κ1) is 21.0. The number of hydrogen-bond acceptors (Lipinski definition) is 5. The summed E-state index contributed by atoms with van der Waals surface area (Å²) in [4.78, 5) is 51.7. The zero-order valence-corrected chi connectivity index (χ0v) is 17.0. The smallest absolute Gasteiger partial charge is 0.326 e. The number of nitrogens with zero attached hydrogens (tertiary/aromatic N) is 2. The predicted octanol–water partition coefficient (Wildman–Crippen LogP) is 1.97. The Labute approximate surface area is 174 Å². The van der Waals surface area contributed by atoms with Gasteiger partial charge < -0.3 is 15.0 Å². The largest absolute Gasteiger partial charge is 0.454 e. The SMILES string of the molecule is Cc1ccc([C@]2(C)NC(=O)N(CC(=O)OCC(=O)N(C)c3ccccc3)C2=O)cc1. The van der Waals surface area contributed by atoms with E-state index in [9.17, 15) is 19.2 Å². The van der Waals surface area contributed by atoms with E-state index in [0.29, 0.717) is 11.3 Å². The van der Waals surface area contributed by atoms with E-state index in [1.165, 1.54) is 4.90 Å². The number of amides is 4. The summed E-state index contributed by atoms with van der Waals surface area (Å²) in [6.45, 7) is 2.43. The highest BCUT2D eigenvalue weighted by atomic mass is 16.5. The molecule has 8 heteroatoms. The van der Waals surface area contributed by atoms with E-state index in [-0.39, 0.29) is 0 Å². The van der Waals surface area contributed by atoms with Crippen molar-refractivity contribution in [2.45, 2.75) is 19.4 Å². The Morgan fingerprint density at radius 2 is 1.70 bits per heavy atom. The minimum Gasteiger partial charge on any atom is -0.454 e. The third-order valence-corrected chi connectivity index (χ3v) is 5.07. The number of benzene rings is 2. The lowest BCUT2D eigenvalue weighted by Crippen LogP contribution is -2.42. The fourth-order valence-electron chi connectivity index (χ4n) is 3.13. The van der Waals surface area contributed by atoms with Crippen LogP contribution < -0.4 is 10.2 Å². The van der Waals surface area contributed by atoms with Crippen LogP contribution in [0.4, 0.5) is 10.5 Å². The maximum absolute atomic E-state index is 12.8. The van der Waals surface area contributed by atoms with Crippen molar-refractivity contribution in [1.82, 2.24) is 10.2 Å². The molecule has 0 bridgehead atoms. The zero-order valence-electron chi connectivity index (χ0n) is 17.0. The summed E-state index contributed by atoms with van der Waals surface area (Å²) >= 11 is 0. The fraction of sp³-hybridized carbons (Fsp3) is 0.273. The minimum atomic E-state index is -1.27. The van der Waals surface area contributed by atoms with E-state index in [1.54, 1.807) is 50.4 Å². The molecule has 2 aromatic rings. The van der Waals surface area contributed by atoms with Gasteiger partial charge in [0.05, 0.1) is 0 Å². The summed E-state index contributed by atoms with van der Waals surface area (Å²) in [5.74, 6) is -1.83. The van der Waals surface area contributed by atoms with Gasteiger partial charge in [0.2, 0.25) is 0 Å². The number of likely N-dealkylation sites (N-methyl/N-ethyl adjacent to an activating group) is 1. The first-order chi connectivity index (χ1) is 14.2. The van der Waals surface area contributed by atoms with Crippen LogP contribution in [0.2, 0.25) is 0 Å². The number of ether oxygens (including phenoxy) is 1. The first-order valence-corrected chi connectivity index (χ1v) is 9.41. The molecule has 1 atom stereocenters. The molecule has 0 saturated carbocycles. The van der Waals surface area contributed by atoms with Crippen LogP contribution in [-0.4, -0.2) is 48.9 Å². The van der Waals surface area contributed by atoms with Gasteiger partial charge in [0.25, 0.3) is 11.8 Å². The van der Waals surface area contributed by atoms with Gasteiger partial charge in [0.15, 0.2) is 6.61 Å².